The normalized spacial score (nSPS) is 19.9. The lowest BCUT2D eigenvalue weighted by Crippen LogP contribution is -2.48. The highest BCUT2D eigenvalue weighted by Crippen LogP contribution is 2.15. The van der Waals surface area contributed by atoms with Gasteiger partial charge in [-0.25, -0.2) is 9.59 Å². The van der Waals surface area contributed by atoms with Crippen LogP contribution in [0.3, 0.4) is 0 Å². The van der Waals surface area contributed by atoms with Crippen molar-refractivity contribution in [2.45, 2.75) is 18.9 Å². The lowest BCUT2D eigenvalue weighted by Gasteiger charge is -2.23. The van der Waals surface area contributed by atoms with E-state index in [0.717, 1.165) is 19.5 Å². The zero-order chi connectivity index (χ0) is 16.0. The van der Waals surface area contributed by atoms with Gasteiger partial charge in [0.05, 0.1) is 13.5 Å². The Morgan fingerprint density at radius 3 is 2.62 bits per heavy atom. The Morgan fingerprint density at radius 1 is 1.48 bits per heavy atom. The first-order valence-corrected chi connectivity index (χ1v) is 6.83. The number of carboxylic acids is 1. The fourth-order valence-corrected chi connectivity index (χ4v) is 2.35. The fraction of sp³-hybridized carbons (Fsp3) is 0.769. The summed E-state index contributed by atoms with van der Waals surface area (Å²) in [4.78, 5) is 37.8. The van der Waals surface area contributed by atoms with Gasteiger partial charge in [0.15, 0.2) is 0 Å². The largest absolute Gasteiger partial charge is 0.480 e. The number of nitrogens with zero attached hydrogens (tertiary/aromatic N) is 2. The van der Waals surface area contributed by atoms with Crippen LogP contribution in [0.25, 0.3) is 0 Å². The number of nitrogens with one attached hydrogen (secondary N) is 1. The predicted octanol–water partition coefficient (Wildman–Crippen LogP) is -0.404. The first kappa shape index (κ1) is 17.2. The molecule has 0 spiro atoms. The molecule has 21 heavy (non-hydrogen) atoms. The maximum atomic E-state index is 12.0. The molecule has 0 aromatic heterocycles. The minimum absolute atomic E-state index is 0.384. The Kier molecular flexibility index (Phi) is 6.41. The molecule has 8 nitrogen and oxygen atoms in total. The van der Waals surface area contributed by atoms with Gasteiger partial charge in [-0.1, -0.05) is 0 Å². The lowest BCUT2D eigenvalue weighted by molar-refractivity contribution is -0.147. The van der Waals surface area contributed by atoms with Crippen LogP contribution in [0.1, 0.15) is 12.8 Å². The number of rotatable bonds is 6. The number of ether oxygens (including phenoxy) is 1. The number of likely N-dealkylation sites (tertiary alicyclic amines) is 1. The van der Waals surface area contributed by atoms with E-state index in [4.69, 9.17) is 5.11 Å². The molecule has 1 heterocycles. The summed E-state index contributed by atoms with van der Waals surface area (Å²) in [6, 6.07) is -1.78. The van der Waals surface area contributed by atoms with Crippen LogP contribution in [-0.4, -0.2) is 79.8 Å². The van der Waals surface area contributed by atoms with E-state index in [1.54, 1.807) is 7.05 Å². The first-order chi connectivity index (χ1) is 9.83. The van der Waals surface area contributed by atoms with Crippen molar-refractivity contribution in [2.75, 3.05) is 40.8 Å². The Hall–Kier alpha value is -1.83. The van der Waals surface area contributed by atoms with Gasteiger partial charge in [-0.05, 0) is 25.9 Å². The van der Waals surface area contributed by atoms with Gasteiger partial charge in [-0.15, -0.1) is 0 Å². The van der Waals surface area contributed by atoms with Crippen LogP contribution < -0.4 is 5.32 Å². The molecule has 2 atom stereocenters. The number of urea groups is 1. The van der Waals surface area contributed by atoms with Gasteiger partial charge in [0.1, 0.15) is 6.04 Å². The van der Waals surface area contributed by atoms with Gasteiger partial charge >= 0.3 is 18.0 Å². The van der Waals surface area contributed by atoms with Crippen molar-refractivity contribution in [1.82, 2.24) is 15.1 Å². The lowest BCUT2D eigenvalue weighted by atomic mass is 10.1. The number of hydrogen-bond donors (Lipinski definition) is 2. The third kappa shape index (κ3) is 5.58. The molecule has 0 saturated carbocycles. The van der Waals surface area contributed by atoms with Crippen molar-refractivity contribution < 1.29 is 24.2 Å². The number of carbonyl (C=O) groups excluding carboxylic acids is 2. The molecule has 0 aromatic rings. The molecule has 0 aliphatic carbocycles. The van der Waals surface area contributed by atoms with Crippen molar-refractivity contribution in [3.8, 4) is 0 Å². The van der Waals surface area contributed by atoms with Gasteiger partial charge in [0, 0.05) is 20.1 Å². The van der Waals surface area contributed by atoms with Crippen LogP contribution >= 0.6 is 0 Å². The molecule has 0 aromatic carbocycles. The summed E-state index contributed by atoms with van der Waals surface area (Å²) >= 11 is 0. The van der Waals surface area contributed by atoms with Crippen molar-refractivity contribution >= 4 is 18.0 Å². The third-order valence-electron chi connectivity index (χ3n) is 3.56. The SMILES string of the molecule is COC(=O)C[C@H](NC(=O)N(C)CC1CCN(C)C1)C(=O)O. The summed E-state index contributed by atoms with van der Waals surface area (Å²) in [5, 5.41) is 11.4. The number of carbonyl (C=O) groups is 3. The number of carboxylic acid groups (broad SMARTS) is 1. The average Bonchev–Trinajstić information content (AvgIpc) is 2.82. The van der Waals surface area contributed by atoms with E-state index in [9.17, 15) is 14.4 Å². The van der Waals surface area contributed by atoms with Crippen LogP contribution in [0.2, 0.25) is 0 Å². The minimum atomic E-state index is -1.28. The van der Waals surface area contributed by atoms with E-state index < -0.39 is 30.4 Å². The molecule has 1 unspecified atom stereocenters. The van der Waals surface area contributed by atoms with Gasteiger partial charge in [-0.2, -0.15) is 0 Å². The molecular weight excluding hydrogens is 278 g/mol. The predicted molar refractivity (Wildman–Crippen MR) is 74.8 cm³/mol. The number of methoxy groups -OCH3 is 1. The molecular formula is C13H23N3O5. The summed E-state index contributed by atoms with van der Waals surface area (Å²) in [7, 11) is 4.81. The van der Waals surface area contributed by atoms with E-state index in [1.807, 2.05) is 7.05 Å². The molecule has 120 valence electrons. The molecule has 1 fully saturated rings. The van der Waals surface area contributed by atoms with E-state index in [0.29, 0.717) is 12.5 Å². The van der Waals surface area contributed by atoms with Crippen LogP contribution in [0.15, 0.2) is 0 Å². The maximum absolute atomic E-state index is 12.0. The van der Waals surface area contributed by atoms with E-state index in [-0.39, 0.29) is 0 Å². The molecule has 1 aliphatic rings. The minimum Gasteiger partial charge on any atom is -0.480 e. The Morgan fingerprint density at radius 2 is 2.14 bits per heavy atom. The maximum Gasteiger partial charge on any atom is 0.326 e. The molecule has 1 aliphatic heterocycles. The second-order valence-corrected chi connectivity index (χ2v) is 5.42. The summed E-state index contributed by atoms with van der Waals surface area (Å²) in [6.45, 7) is 2.48. The summed E-state index contributed by atoms with van der Waals surface area (Å²) in [5.41, 5.74) is 0. The molecule has 1 saturated heterocycles. The standard InChI is InChI=1S/C13H23N3O5/c1-15-5-4-9(7-15)8-16(2)13(20)14-10(12(18)19)6-11(17)21-3/h9-10H,4-8H2,1-3H3,(H,14,20)(H,18,19)/t9?,10-/m0/s1. The zero-order valence-electron chi connectivity index (χ0n) is 12.7. The number of aliphatic carboxylic acids is 1. The summed E-state index contributed by atoms with van der Waals surface area (Å²) in [6.07, 6.45) is 0.621. The second kappa shape index (κ2) is 7.82. The fourth-order valence-electron chi connectivity index (χ4n) is 2.35. The molecule has 0 bridgehead atoms. The number of amides is 2. The molecule has 2 amide bonds. The third-order valence-corrected chi connectivity index (χ3v) is 3.56. The van der Waals surface area contributed by atoms with Crippen molar-refractivity contribution in [2.24, 2.45) is 5.92 Å². The van der Waals surface area contributed by atoms with Crippen LogP contribution in [0.5, 0.6) is 0 Å². The second-order valence-electron chi connectivity index (χ2n) is 5.42. The highest BCUT2D eigenvalue weighted by atomic mass is 16.5. The van der Waals surface area contributed by atoms with Crippen LogP contribution in [0.4, 0.5) is 4.79 Å². The summed E-state index contributed by atoms with van der Waals surface area (Å²) < 4.78 is 4.42. The molecule has 1 rings (SSSR count). The van der Waals surface area contributed by atoms with Gasteiger partial charge in [0.2, 0.25) is 0 Å². The average molecular weight is 301 g/mol. The van der Waals surface area contributed by atoms with Crippen molar-refractivity contribution in [1.29, 1.82) is 0 Å². The quantitative estimate of drug-likeness (QED) is 0.647. The van der Waals surface area contributed by atoms with Crippen molar-refractivity contribution in [3.05, 3.63) is 0 Å². The van der Waals surface area contributed by atoms with Crippen LogP contribution in [0, 0.1) is 5.92 Å². The molecule has 8 heteroatoms. The number of hydrogen-bond acceptors (Lipinski definition) is 5. The van der Waals surface area contributed by atoms with Crippen molar-refractivity contribution in [3.63, 3.8) is 0 Å². The van der Waals surface area contributed by atoms with E-state index in [2.05, 4.69) is 15.0 Å². The smallest absolute Gasteiger partial charge is 0.326 e. The van der Waals surface area contributed by atoms with E-state index in [1.165, 1.54) is 12.0 Å². The zero-order valence-corrected chi connectivity index (χ0v) is 12.7. The molecule has 2 N–H and O–H groups in total. The van der Waals surface area contributed by atoms with Gasteiger partial charge in [-0.3, -0.25) is 4.79 Å². The Labute approximate surface area is 124 Å². The van der Waals surface area contributed by atoms with Gasteiger partial charge < -0.3 is 25.0 Å². The number of esters is 1. The highest BCUT2D eigenvalue weighted by molar-refractivity contribution is 5.86. The first-order valence-electron chi connectivity index (χ1n) is 6.83. The van der Waals surface area contributed by atoms with Gasteiger partial charge in [0.25, 0.3) is 0 Å². The summed E-state index contributed by atoms with van der Waals surface area (Å²) in [5.74, 6) is -1.56. The molecule has 0 radical (unpaired) electrons. The Balaban J connectivity index is 2.48. The topological polar surface area (TPSA) is 99.2 Å². The highest BCUT2D eigenvalue weighted by Gasteiger charge is 2.27. The van der Waals surface area contributed by atoms with Crippen LogP contribution in [-0.2, 0) is 14.3 Å². The monoisotopic (exact) mass is 301 g/mol. The Bertz CT molecular complexity index is 401. The van der Waals surface area contributed by atoms with E-state index >= 15 is 0 Å².